The van der Waals surface area contributed by atoms with Gasteiger partial charge in [-0.15, -0.1) is 0 Å². The van der Waals surface area contributed by atoms with Gasteiger partial charge in [0.1, 0.15) is 0 Å². The molecule has 1 aliphatic rings. The maximum Gasteiger partial charge on any atom is 0.222 e. The van der Waals surface area contributed by atoms with E-state index in [0.29, 0.717) is 12.5 Å². The molecule has 0 aromatic heterocycles. The number of carbonyl (C=O) groups excluding carboxylic acids is 1. The lowest BCUT2D eigenvalue weighted by atomic mass is 9.87. The Hall–Kier alpha value is -0.570. The van der Waals surface area contributed by atoms with Crippen LogP contribution in [0.15, 0.2) is 0 Å². The van der Waals surface area contributed by atoms with Crippen LogP contribution in [-0.2, 0) is 4.79 Å². The summed E-state index contributed by atoms with van der Waals surface area (Å²) in [5.74, 6) is 1.11. The summed E-state index contributed by atoms with van der Waals surface area (Å²) in [6.45, 7) is 3.32. The monoisotopic (exact) mass is 226 g/mol. The molecule has 1 N–H and O–H groups in total. The van der Waals surface area contributed by atoms with E-state index in [0.717, 1.165) is 18.9 Å². The first-order chi connectivity index (χ1) is 7.59. The second-order valence-corrected chi connectivity index (χ2v) is 5.31. The van der Waals surface area contributed by atoms with Gasteiger partial charge < -0.3 is 10.2 Å². The molecule has 0 heterocycles. The van der Waals surface area contributed by atoms with Crippen LogP contribution in [0.5, 0.6) is 0 Å². The fourth-order valence-electron chi connectivity index (χ4n) is 2.39. The summed E-state index contributed by atoms with van der Waals surface area (Å²) in [5.41, 5.74) is 0. The van der Waals surface area contributed by atoms with Crippen LogP contribution in [-0.4, -0.2) is 37.5 Å². The molecule has 16 heavy (non-hydrogen) atoms. The van der Waals surface area contributed by atoms with Crippen molar-refractivity contribution >= 4 is 5.91 Å². The molecule has 1 aliphatic carbocycles. The number of amides is 1. The van der Waals surface area contributed by atoms with Crippen LogP contribution in [0.4, 0.5) is 0 Å². The third-order valence-corrected chi connectivity index (χ3v) is 3.44. The van der Waals surface area contributed by atoms with Crippen LogP contribution < -0.4 is 5.32 Å². The van der Waals surface area contributed by atoms with Gasteiger partial charge in [-0.05, 0) is 31.7 Å². The highest BCUT2D eigenvalue weighted by Gasteiger charge is 2.17. The Bertz CT molecular complexity index is 216. The van der Waals surface area contributed by atoms with Crippen molar-refractivity contribution < 1.29 is 4.79 Å². The van der Waals surface area contributed by atoms with Gasteiger partial charge >= 0.3 is 0 Å². The van der Waals surface area contributed by atoms with Crippen LogP contribution in [0.25, 0.3) is 0 Å². The summed E-state index contributed by atoms with van der Waals surface area (Å²) in [5, 5.41) is 3.58. The molecule has 0 aliphatic heterocycles. The topological polar surface area (TPSA) is 32.3 Å². The van der Waals surface area contributed by atoms with Crippen LogP contribution in [0.3, 0.4) is 0 Å². The van der Waals surface area contributed by atoms with Crippen molar-refractivity contribution in [2.45, 2.75) is 51.5 Å². The van der Waals surface area contributed by atoms with Crippen molar-refractivity contribution in [3.8, 4) is 0 Å². The van der Waals surface area contributed by atoms with Gasteiger partial charge in [0.2, 0.25) is 5.91 Å². The molecule has 0 aromatic carbocycles. The van der Waals surface area contributed by atoms with E-state index in [4.69, 9.17) is 0 Å². The lowest BCUT2D eigenvalue weighted by Gasteiger charge is -2.27. The van der Waals surface area contributed by atoms with E-state index >= 15 is 0 Å². The molecule has 0 radical (unpaired) electrons. The number of nitrogens with zero attached hydrogens (tertiary/aromatic N) is 1. The van der Waals surface area contributed by atoms with Crippen molar-refractivity contribution in [2.75, 3.05) is 20.6 Å². The van der Waals surface area contributed by atoms with Gasteiger partial charge in [0, 0.05) is 26.6 Å². The third kappa shape index (κ3) is 4.97. The second kappa shape index (κ2) is 6.89. The fraction of sp³-hybridized carbons (Fsp3) is 0.923. The van der Waals surface area contributed by atoms with Gasteiger partial charge in [0.05, 0.1) is 0 Å². The number of carbonyl (C=O) groups is 1. The van der Waals surface area contributed by atoms with Crippen molar-refractivity contribution in [2.24, 2.45) is 5.92 Å². The lowest BCUT2D eigenvalue weighted by molar-refractivity contribution is -0.128. The van der Waals surface area contributed by atoms with E-state index in [1.165, 1.54) is 25.7 Å². The maximum absolute atomic E-state index is 11.3. The Balaban J connectivity index is 2.04. The molecule has 1 rings (SSSR count). The molecule has 1 saturated carbocycles. The minimum atomic E-state index is 0.235. The Morgan fingerprint density at radius 1 is 1.38 bits per heavy atom. The quantitative estimate of drug-likeness (QED) is 0.727. The zero-order valence-electron chi connectivity index (χ0n) is 11.0. The largest absolute Gasteiger partial charge is 0.349 e. The number of hydrogen-bond donors (Lipinski definition) is 1. The van der Waals surface area contributed by atoms with Crippen LogP contribution in [0.1, 0.15) is 45.4 Å². The molecule has 0 spiro atoms. The summed E-state index contributed by atoms with van der Waals surface area (Å²) in [7, 11) is 3.64. The number of nitrogens with one attached hydrogen (secondary N) is 1. The molecule has 0 aromatic rings. The third-order valence-electron chi connectivity index (χ3n) is 3.44. The molecule has 1 amide bonds. The highest BCUT2D eigenvalue weighted by atomic mass is 16.2. The van der Waals surface area contributed by atoms with E-state index in [-0.39, 0.29) is 5.91 Å². The van der Waals surface area contributed by atoms with Gasteiger partial charge in [0.15, 0.2) is 0 Å². The number of rotatable bonds is 5. The molecule has 2 atom stereocenters. The summed E-state index contributed by atoms with van der Waals surface area (Å²) in [4.78, 5) is 13.0. The maximum atomic E-state index is 11.3. The molecular weight excluding hydrogens is 200 g/mol. The molecule has 3 nitrogen and oxygen atoms in total. The average molecular weight is 226 g/mol. The zero-order chi connectivity index (χ0) is 12.0. The van der Waals surface area contributed by atoms with Crippen molar-refractivity contribution in [1.82, 2.24) is 10.2 Å². The minimum absolute atomic E-state index is 0.235. The van der Waals surface area contributed by atoms with Crippen molar-refractivity contribution in [3.05, 3.63) is 0 Å². The first-order valence-corrected chi connectivity index (χ1v) is 6.53. The highest BCUT2D eigenvalue weighted by molar-refractivity contribution is 5.75. The summed E-state index contributed by atoms with van der Waals surface area (Å²) in [6, 6.07) is 0.693. The SMILES string of the molecule is CC1CCCC(NCCCC(=O)N(C)C)C1. The number of hydrogen-bond acceptors (Lipinski definition) is 2. The Morgan fingerprint density at radius 3 is 2.75 bits per heavy atom. The Labute approximate surface area is 99.6 Å². The van der Waals surface area contributed by atoms with Crippen molar-refractivity contribution in [1.29, 1.82) is 0 Å². The van der Waals surface area contributed by atoms with Gasteiger partial charge in [-0.1, -0.05) is 19.8 Å². The molecule has 0 bridgehead atoms. The predicted molar refractivity (Wildman–Crippen MR) is 67.4 cm³/mol. The fourth-order valence-corrected chi connectivity index (χ4v) is 2.39. The van der Waals surface area contributed by atoms with E-state index in [1.54, 1.807) is 4.90 Å². The second-order valence-electron chi connectivity index (χ2n) is 5.31. The average Bonchev–Trinajstić information content (AvgIpc) is 2.24. The molecular formula is C13H26N2O. The predicted octanol–water partition coefficient (Wildman–Crippen LogP) is 2.02. The first-order valence-electron chi connectivity index (χ1n) is 6.53. The molecule has 3 heteroatoms. The van der Waals surface area contributed by atoms with Gasteiger partial charge in [-0.25, -0.2) is 0 Å². The van der Waals surface area contributed by atoms with E-state index < -0.39 is 0 Å². The molecule has 1 fully saturated rings. The molecule has 94 valence electrons. The standard InChI is InChI=1S/C13H26N2O/c1-11-6-4-7-12(10-11)14-9-5-8-13(16)15(2)3/h11-12,14H,4-10H2,1-3H3. The Morgan fingerprint density at radius 2 is 2.12 bits per heavy atom. The summed E-state index contributed by atoms with van der Waals surface area (Å²) in [6.07, 6.45) is 6.99. The van der Waals surface area contributed by atoms with E-state index in [1.807, 2.05) is 14.1 Å². The first kappa shape index (κ1) is 13.5. The summed E-state index contributed by atoms with van der Waals surface area (Å²) < 4.78 is 0. The van der Waals surface area contributed by atoms with Crippen molar-refractivity contribution in [3.63, 3.8) is 0 Å². The van der Waals surface area contributed by atoms with Crippen LogP contribution >= 0.6 is 0 Å². The van der Waals surface area contributed by atoms with Crippen LogP contribution in [0, 0.1) is 5.92 Å². The zero-order valence-corrected chi connectivity index (χ0v) is 11.0. The van der Waals surface area contributed by atoms with Gasteiger partial charge in [0.25, 0.3) is 0 Å². The van der Waals surface area contributed by atoms with Gasteiger partial charge in [-0.3, -0.25) is 4.79 Å². The highest BCUT2D eigenvalue weighted by Crippen LogP contribution is 2.23. The van der Waals surface area contributed by atoms with Gasteiger partial charge in [-0.2, -0.15) is 0 Å². The Kier molecular flexibility index (Phi) is 5.81. The van der Waals surface area contributed by atoms with E-state index in [9.17, 15) is 4.79 Å². The lowest BCUT2D eigenvalue weighted by Crippen LogP contribution is -2.34. The molecule has 2 unspecified atom stereocenters. The molecule has 0 saturated heterocycles. The smallest absolute Gasteiger partial charge is 0.222 e. The summed E-state index contributed by atoms with van der Waals surface area (Å²) >= 11 is 0. The minimum Gasteiger partial charge on any atom is -0.349 e. The normalized spacial score (nSPS) is 25.4. The van der Waals surface area contributed by atoms with Crippen LogP contribution in [0.2, 0.25) is 0 Å². The van der Waals surface area contributed by atoms with E-state index in [2.05, 4.69) is 12.2 Å².